The summed E-state index contributed by atoms with van der Waals surface area (Å²) in [5.41, 5.74) is 0. The lowest BCUT2D eigenvalue weighted by molar-refractivity contribution is -0.150. The van der Waals surface area contributed by atoms with E-state index in [4.69, 9.17) is 9.47 Å². The highest BCUT2D eigenvalue weighted by Crippen LogP contribution is 2.30. The maximum atomic E-state index is 10.0. The third-order valence-corrected chi connectivity index (χ3v) is 3.61. The quantitative estimate of drug-likeness (QED) is 0.635. The molecule has 4 heteroatoms. The number of unbranched alkanes of at least 4 members (excludes halogenated alkanes) is 4. The molecule has 0 aliphatic carbocycles. The Bertz CT molecular complexity index is 242. The van der Waals surface area contributed by atoms with Gasteiger partial charge < -0.3 is 19.7 Å². The number of hydrogen-bond donors (Lipinski definition) is 2. The van der Waals surface area contributed by atoms with Gasteiger partial charge in [0.25, 0.3) is 0 Å². The van der Waals surface area contributed by atoms with Gasteiger partial charge in [-0.25, -0.2) is 0 Å². The van der Waals surface area contributed by atoms with Gasteiger partial charge in [-0.05, 0) is 20.3 Å². The van der Waals surface area contributed by atoms with E-state index < -0.39 is 5.79 Å². The molecule has 1 aliphatic rings. The van der Waals surface area contributed by atoms with E-state index in [0.717, 1.165) is 12.8 Å². The van der Waals surface area contributed by atoms with Crippen LogP contribution in [-0.2, 0) is 9.47 Å². The zero-order valence-corrected chi connectivity index (χ0v) is 12.6. The molecule has 0 amide bonds. The molecule has 0 bridgehead atoms. The van der Waals surface area contributed by atoms with Crippen LogP contribution in [0.4, 0.5) is 0 Å². The average Bonchev–Trinajstić information content (AvgIpc) is 2.63. The van der Waals surface area contributed by atoms with Crippen LogP contribution in [0.25, 0.3) is 0 Å². The minimum atomic E-state index is -0.654. The Kier molecular flexibility index (Phi) is 7.29. The molecule has 0 aromatic heterocycles. The summed E-state index contributed by atoms with van der Waals surface area (Å²) in [6.07, 6.45) is 6.47. The van der Waals surface area contributed by atoms with Crippen LogP contribution in [0.1, 0.15) is 65.7 Å². The first kappa shape index (κ1) is 16.9. The molecule has 1 saturated heterocycles. The van der Waals surface area contributed by atoms with Crippen LogP contribution in [0.3, 0.4) is 0 Å². The molecule has 0 aromatic carbocycles. The molecule has 0 radical (unpaired) electrons. The van der Waals surface area contributed by atoms with Crippen LogP contribution in [0.5, 0.6) is 0 Å². The lowest BCUT2D eigenvalue weighted by atomic mass is 10.0. The van der Waals surface area contributed by atoms with Gasteiger partial charge >= 0.3 is 0 Å². The summed E-state index contributed by atoms with van der Waals surface area (Å²) in [4.78, 5) is 0. The van der Waals surface area contributed by atoms with E-state index in [9.17, 15) is 10.2 Å². The van der Waals surface area contributed by atoms with Gasteiger partial charge in [-0.1, -0.05) is 39.0 Å². The largest absolute Gasteiger partial charge is 0.394 e. The highest BCUT2D eigenvalue weighted by Gasteiger charge is 2.41. The molecular formula is C15H30O4. The molecule has 1 rings (SSSR count). The summed E-state index contributed by atoms with van der Waals surface area (Å²) in [6.45, 7) is 5.82. The minimum Gasteiger partial charge on any atom is -0.394 e. The maximum Gasteiger partial charge on any atom is 0.163 e. The fraction of sp³-hybridized carbons (Fsp3) is 1.00. The number of aliphatic hydroxyl groups excluding tert-OH is 2. The third kappa shape index (κ3) is 6.21. The van der Waals surface area contributed by atoms with Crippen molar-refractivity contribution in [1.29, 1.82) is 0 Å². The summed E-state index contributed by atoms with van der Waals surface area (Å²) < 4.78 is 11.3. The Balaban J connectivity index is 2.22. The van der Waals surface area contributed by atoms with Crippen molar-refractivity contribution in [2.24, 2.45) is 0 Å². The highest BCUT2D eigenvalue weighted by molar-refractivity contribution is 4.82. The maximum absolute atomic E-state index is 10.0. The lowest BCUT2D eigenvalue weighted by Gasteiger charge is -2.19. The molecule has 1 heterocycles. The van der Waals surface area contributed by atoms with E-state index in [0.29, 0.717) is 6.42 Å². The lowest BCUT2D eigenvalue weighted by Crippen LogP contribution is -2.30. The van der Waals surface area contributed by atoms with Crippen LogP contribution in [-0.4, -0.2) is 40.9 Å². The SMILES string of the molecule is CCCCCCC[C@H](O)C[C@@H]1OC(C)(C)O[C@@H]1CO. The van der Waals surface area contributed by atoms with E-state index in [-0.39, 0.29) is 24.9 Å². The Hall–Kier alpha value is -0.160. The summed E-state index contributed by atoms with van der Waals surface area (Å²) in [5.74, 6) is -0.654. The van der Waals surface area contributed by atoms with Crippen molar-refractivity contribution in [3.63, 3.8) is 0 Å². The van der Waals surface area contributed by atoms with E-state index in [1.54, 1.807) is 0 Å². The van der Waals surface area contributed by atoms with Gasteiger partial charge in [-0.15, -0.1) is 0 Å². The number of rotatable bonds is 9. The molecule has 2 N–H and O–H groups in total. The van der Waals surface area contributed by atoms with Gasteiger partial charge in [0.05, 0.1) is 18.8 Å². The van der Waals surface area contributed by atoms with E-state index >= 15 is 0 Å². The van der Waals surface area contributed by atoms with Crippen molar-refractivity contribution >= 4 is 0 Å². The van der Waals surface area contributed by atoms with Crippen LogP contribution in [0.2, 0.25) is 0 Å². The molecule has 1 fully saturated rings. The molecule has 0 unspecified atom stereocenters. The molecule has 19 heavy (non-hydrogen) atoms. The number of aliphatic hydroxyl groups is 2. The average molecular weight is 274 g/mol. The van der Waals surface area contributed by atoms with Crippen LogP contribution < -0.4 is 0 Å². The Morgan fingerprint density at radius 2 is 1.68 bits per heavy atom. The van der Waals surface area contributed by atoms with Gasteiger partial charge in [0.2, 0.25) is 0 Å². The molecule has 0 saturated carbocycles. The Morgan fingerprint density at radius 1 is 1.05 bits per heavy atom. The molecule has 1 aliphatic heterocycles. The second-order valence-electron chi connectivity index (χ2n) is 5.99. The van der Waals surface area contributed by atoms with Gasteiger partial charge in [0, 0.05) is 6.42 Å². The monoisotopic (exact) mass is 274 g/mol. The van der Waals surface area contributed by atoms with Crippen molar-refractivity contribution in [3.05, 3.63) is 0 Å². The predicted molar refractivity (Wildman–Crippen MR) is 74.9 cm³/mol. The summed E-state index contributed by atoms with van der Waals surface area (Å²) in [5, 5.41) is 19.3. The standard InChI is InChI=1S/C15H30O4/c1-4-5-6-7-8-9-12(17)10-13-14(11-16)19-15(2,3)18-13/h12-14,16-17H,4-11H2,1-3H3/t12-,13-,14+/m0/s1. The molecule has 114 valence electrons. The van der Waals surface area contributed by atoms with Gasteiger partial charge in [0.15, 0.2) is 5.79 Å². The van der Waals surface area contributed by atoms with Crippen LogP contribution in [0.15, 0.2) is 0 Å². The summed E-state index contributed by atoms with van der Waals surface area (Å²) in [7, 11) is 0. The predicted octanol–water partition coefficient (Wildman–Crippen LogP) is 2.61. The zero-order valence-electron chi connectivity index (χ0n) is 12.6. The number of hydrogen-bond acceptors (Lipinski definition) is 4. The van der Waals surface area contributed by atoms with Crippen molar-refractivity contribution in [2.75, 3.05) is 6.61 Å². The second-order valence-corrected chi connectivity index (χ2v) is 5.99. The summed E-state index contributed by atoms with van der Waals surface area (Å²) in [6, 6.07) is 0. The molecule has 0 spiro atoms. The molecule has 0 aromatic rings. The topological polar surface area (TPSA) is 58.9 Å². The van der Waals surface area contributed by atoms with E-state index in [2.05, 4.69) is 6.92 Å². The van der Waals surface area contributed by atoms with Crippen LogP contribution in [0, 0.1) is 0 Å². The Labute approximate surface area is 117 Å². The van der Waals surface area contributed by atoms with Gasteiger partial charge in [-0.3, -0.25) is 0 Å². The fourth-order valence-corrected chi connectivity index (χ4v) is 2.63. The van der Waals surface area contributed by atoms with Crippen LogP contribution >= 0.6 is 0 Å². The first-order valence-corrected chi connectivity index (χ1v) is 7.63. The van der Waals surface area contributed by atoms with Gasteiger partial charge in [-0.2, -0.15) is 0 Å². The van der Waals surface area contributed by atoms with Crippen molar-refractivity contribution < 1.29 is 19.7 Å². The number of ether oxygens (including phenoxy) is 2. The fourth-order valence-electron chi connectivity index (χ4n) is 2.63. The van der Waals surface area contributed by atoms with Crippen molar-refractivity contribution in [2.45, 2.75) is 89.8 Å². The second kappa shape index (κ2) is 8.20. The van der Waals surface area contributed by atoms with Gasteiger partial charge in [0.1, 0.15) is 6.10 Å². The highest BCUT2D eigenvalue weighted by atomic mass is 16.8. The first-order chi connectivity index (χ1) is 8.98. The molecule has 3 atom stereocenters. The zero-order chi connectivity index (χ0) is 14.3. The smallest absolute Gasteiger partial charge is 0.163 e. The molecular weight excluding hydrogens is 244 g/mol. The molecule has 4 nitrogen and oxygen atoms in total. The van der Waals surface area contributed by atoms with Crippen molar-refractivity contribution in [3.8, 4) is 0 Å². The van der Waals surface area contributed by atoms with E-state index in [1.165, 1.54) is 25.7 Å². The third-order valence-electron chi connectivity index (χ3n) is 3.61. The van der Waals surface area contributed by atoms with Crippen molar-refractivity contribution in [1.82, 2.24) is 0 Å². The minimum absolute atomic E-state index is 0.0582. The Morgan fingerprint density at radius 3 is 2.32 bits per heavy atom. The first-order valence-electron chi connectivity index (χ1n) is 7.63. The summed E-state index contributed by atoms with van der Waals surface area (Å²) >= 11 is 0. The van der Waals surface area contributed by atoms with E-state index in [1.807, 2.05) is 13.8 Å². The normalized spacial score (nSPS) is 27.6.